The molecule has 0 bridgehead atoms. The summed E-state index contributed by atoms with van der Waals surface area (Å²) in [6.45, 7) is 4.71. The normalized spacial score (nSPS) is 17.8. The summed E-state index contributed by atoms with van der Waals surface area (Å²) in [4.78, 5) is 3.90. The lowest BCUT2D eigenvalue weighted by Gasteiger charge is -2.39. The molecule has 10 heteroatoms. The summed E-state index contributed by atoms with van der Waals surface area (Å²) < 4.78 is 7.21. The highest BCUT2D eigenvalue weighted by Crippen LogP contribution is 2.47. The molecule has 41 heavy (non-hydrogen) atoms. The number of hydrogen-bond donors (Lipinski definition) is 2. The highest BCUT2D eigenvalue weighted by atomic mass is 35.5. The number of nitrogens with zero attached hydrogens (tertiary/aromatic N) is 6. The molecule has 0 spiro atoms. The first-order valence-corrected chi connectivity index (χ1v) is 13.9. The maximum atomic E-state index is 12.7. The topological polar surface area (TPSA) is 106 Å². The number of hydrogen-bond acceptors (Lipinski definition) is 8. The van der Waals surface area contributed by atoms with Gasteiger partial charge in [0, 0.05) is 36.1 Å². The van der Waals surface area contributed by atoms with Crippen molar-refractivity contribution < 1.29 is 9.84 Å². The lowest BCUT2D eigenvalue weighted by atomic mass is 9.80. The predicted octanol–water partition coefficient (Wildman–Crippen LogP) is 4.95. The third kappa shape index (κ3) is 4.61. The first kappa shape index (κ1) is 26.9. The molecular weight excluding hydrogens is 538 g/mol. The highest BCUT2D eigenvalue weighted by molar-refractivity contribution is 6.30. The molecule has 4 aromatic rings. The zero-order chi connectivity index (χ0) is 28.7. The highest BCUT2D eigenvalue weighted by Gasteiger charge is 2.42. The fraction of sp³-hybridized carbons (Fsp3) is 0.258. The van der Waals surface area contributed by atoms with Crippen LogP contribution in [0.2, 0.25) is 5.02 Å². The number of rotatable bonds is 9. The minimum absolute atomic E-state index is 0.369. The molecule has 1 aromatic heterocycles. The molecule has 2 aliphatic rings. The molecule has 0 saturated heterocycles. The zero-order valence-electron chi connectivity index (χ0n) is 23.0. The van der Waals surface area contributed by atoms with Crippen LogP contribution in [0.5, 0.6) is 5.75 Å². The Kier molecular flexibility index (Phi) is 6.93. The molecule has 2 atom stereocenters. The van der Waals surface area contributed by atoms with Crippen molar-refractivity contribution in [2.75, 3.05) is 25.6 Å². The van der Waals surface area contributed by atoms with E-state index in [-0.39, 0.29) is 6.04 Å². The van der Waals surface area contributed by atoms with Gasteiger partial charge in [0.25, 0.3) is 5.95 Å². The van der Waals surface area contributed by atoms with E-state index in [1.165, 1.54) is 19.0 Å². The maximum absolute atomic E-state index is 12.7. The Hall–Kier alpha value is -4.34. The number of aromatic nitrogens is 4. The summed E-state index contributed by atoms with van der Waals surface area (Å²) in [7, 11) is 3.41. The summed E-state index contributed by atoms with van der Waals surface area (Å²) in [5.74, 6) is 1.95. The first-order chi connectivity index (χ1) is 19.9. The Morgan fingerprint density at radius 1 is 1.17 bits per heavy atom. The lowest BCUT2D eigenvalue weighted by molar-refractivity contribution is 0.0965. The van der Waals surface area contributed by atoms with E-state index in [1.54, 1.807) is 25.3 Å². The second-order valence-corrected chi connectivity index (χ2v) is 10.9. The van der Waals surface area contributed by atoms with Crippen LogP contribution < -0.4 is 15.4 Å². The van der Waals surface area contributed by atoms with Crippen molar-refractivity contribution in [2.24, 2.45) is 11.7 Å². The van der Waals surface area contributed by atoms with E-state index in [0.717, 1.165) is 23.4 Å². The van der Waals surface area contributed by atoms with Gasteiger partial charge >= 0.3 is 0 Å². The number of tetrazole rings is 1. The Bertz CT molecular complexity index is 1610. The van der Waals surface area contributed by atoms with Gasteiger partial charge in [0.2, 0.25) is 0 Å². The van der Waals surface area contributed by atoms with Gasteiger partial charge in [-0.25, -0.2) is 0 Å². The number of benzene rings is 3. The summed E-state index contributed by atoms with van der Waals surface area (Å²) in [6.07, 6.45) is 5.39. The van der Waals surface area contributed by atoms with Crippen molar-refractivity contribution in [1.29, 1.82) is 0 Å². The Morgan fingerprint density at radius 3 is 2.59 bits per heavy atom. The van der Waals surface area contributed by atoms with Gasteiger partial charge < -0.3 is 25.4 Å². The van der Waals surface area contributed by atoms with Crippen LogP contribution in [-0.2, 0) is 5.60 Å². The van der Waals surface area contributed by atoms with Gasteiger partial charge in [-0.15, -0.1) is 0 Å². The molecule has 210 valence electrons. The van der Waals surface area contributed by atoms with E-state index in [0.29, 0.717) is 39.5 Å². The quantitative estimate of drug-likeness (QED) is 0.292. The number of aliphatic hydroxyl groups is 1. The van der Waals surface area contributed by atoms with Crippen molar-refractivity contribution in [1.82, 2.24) is 25.1 Å². The van der Waals surface area contributed by atoms with E-state index in [1.807, 2.05) is 71.4 Å². The molecule has 9 nitrogen and oxygen atoms in total. The first-order valence-electron chi connectivity index (χ1n) is 13.5. The molecule has 2 unspecified atom stereocenters. The van der Waals surface area contributed by atoms with Crippen molar-refractivity contribution in [2.45, 2.75) is 24.5 Å². The van der Waals surface area contributed by atoms with E-state index in [4.69, 9.17) is 22.1 Å². The fourth-order valence-electron chi connectivity index (χ4n) is 5.64. The van der Waals surface area contributed by atoms with Gasteiger partial charge in [0.1, 0.15) is 11.8 Å². The van der Waals surface area contributed by atoms with Gasteiger partial charge in [0.15, 0.2) is 5.60 Å². The summed E-state index contributed by atoms with van der Waals surface area (Å²) in [5.41, 5.74) is 9.11. The van der Waals surface area contributed by atoms with Gasteiger partial charge in [-0.2, -0.15) is 4.68 Å². The Morgan fingerprint density at radius 2 is 1.93 bits per heavy atom. The Balaban J connectivity index is 1.59. The number of nitrogens with two attached hydrogens (primary N) is 1. The standard InChI is InChI=1S/C31H32ClN7O2/c1-4-37(2)28(18-33)31(40,22-10-13-25(41-3)14-11-22)23-12-15-27-26(17-23)29(21-6-5-7-24(32)16-21)39-30(34-35-36-39)38(27)19-20-8-9-20/h4-7,10-18,20,29,40H,1,8-9,19,33H2,2-3H3/b28-18-. The second kappa shape index (κ2) is 10.6. The van der Waals surface area contributed by atoms with Crippen molar-refractivity contribution >= 4 is 23.2 Å². The molecule has 2 heterocycles. The number of methoxy groups -OCH3 is 1. The molecule has 0 amide bonds. The predicted molar refractivity (Wildman–Crippen MR) is 159 cm³/mol. The van der Waals surface area contributed by atoms with E-state index < -0.39 is 5.60 Å². The van der Waals surface area contributed by atoms with Gasteiger partial charge in [0.05, 0.1) is 12.8 Å². The number of fused-ring (bicyclic) bond motifs is 2. The molecule has 0 radical (unpaired) electrons. The van der Waals surface area contributed by atoms with Crippen molar-refractivity contribution in [3.63, 3.8) is 0 Å². The van der Waals surface area contributed by atoms with Gasteiger partial charge in [-0.1, -0.05) is 53.6 Å². The minimum Gasteiger partial charge on any atom is -0.497 e. The summed E-state index contributed by atoms with van der Waals surface area (Å²) in [5, 5.41) is 26.2. The number of ether oxygens (including phenoxy) is 1. The molecule has 1 fully saturated rings. The number of halogens is 1. The fourth-order valence-corrected chi connectivity index (χ4v) is 5.84. The van der Waals surface area contributed by atoms with Gasteiger partial charge in [-0.3, -0.25) is 0 Å². The van der Waals surface area contributed by atoms with Crippen LogP contribution >= 0.6 is 11.6 Å². The average Bonchev–Trinajstić information content (AvgIpc) is 3.69. The molecule has 1 aliphatic carbocycles. The van der Waals surface area contributed by atoms with E-state index >= 15 is 0 Å². The third-order valence-electron chi connectivity index (χ3n) is 7.98. The Labute approximate surface area is 244 Å². The maximum Gasteiger partial charge on any atom is 0.250 e. The van der Waals surface area contributed by atoms with Crippen molar-refractivity contribution in [3.8, 4) is 5.75 Å². The smallest absolute Gasteiger partial charge is 0.250 e. The SMILES string of the molecule is C=CN(C)/C(=C\N)C(O)(c1ccc(OC)cc1)c1ccc2c(c1)C(c1cccc(Cl)c1)n1nnnc1N2CC1CC1. The van der Waals surface area contributed by atoms with Crippen LogP contribution in [0.1, 0.15) is 41.1 Å². The van der Waals surface area contributed by atoms with Crippen LogP contribution in [0.4, 0.5) is 11.6 Å². The molecule has 1 saturated carbocycles. The van der Waals surface area contributed by atoms with Crippen LogP contribution in [-0.4, -0.2) is 50.9 Å². The van der Waals surface area contributed by atoms with Crippen LogP contribution in [0.3, 0.4) is 0 Å². The number of likely N-dealkylation sites (N-methyl/N-ethyl adjacent to an activating group) is 1. The molecule has 3 aromatic carbocycles. The van der Waals surface area contributed by atoms with Crippen LogP contribution in [0.15, 0.2) is 91.4 Å². The zero-order valence-corrected chi connectivity index (χ0v) is 23.7. The molecule has 6 rings (SSSR count). The van der Waals surface area contributed by atoms with E-state index in [9.17, 15) is 5.11 Å². The number of anilines is 2. The summed E-state index contributed by atoms with van der Waals surface area (Å²) >= 11 is 6.46. The minimum atomic E-state index is -1.62. The molecule has 1 aliphatic heterocycles. The van der Waals surface area contributed by atoms with E-state index in [2.05, 4.69) is 27.0 Å². The average molecular weight is 570 g/mol. The molecule has 3 N–H and O–H groups in total. The molecular formula is C31H32ClN7O2. The van der Waals surface area contributed by atoms with Gasteiger partial charge in [-0.05, 0) is 88.5 Å². The van der Waals surface area contributed by atoms with Crippen LogP contribution in [0, 0.1) is 5.92 Å². The van der Waals surface area contributed by atoms with Crippen molar-refractivity contribution in [3.05, 3.63) is 119 Å². The summed E-state index contributed by atoms with van der Waals surface area (Å²) in [6, 6.07) is 20.7. The lowest BCUT2D eigenvalue weighted by Crippen LogP contribution is -2.38. The van der Waals surface area contributed by atoms with Crippen LogP contribution in [0.25, 0.3) is 0 Å². The third-order valence-corrected chi connectivity index (χ3v) is 8.22. The monoisotopic (exact) mass is 569 g/mol. The largest absolute Gasteiger partial charge is 0.497 e. The second-order valence-electron chi connectivity index (χ2n) is 10.5.